The molecule has 3 aromatic heterocycles. The van der Waals surface area contributed by atoms with Crippen LogP contribution in [0, 0.1) is 0 Å². The standard InChI is InChI=1S/C15H18N6O2S/c1-24(22,23)20-10-3-2-6-21(8-10)15-13-11-4-5-16-14(11)17-7-12(13)18-9-19-15/h4-5,7,9-10,20H,2-3,6,8H2,1H3,(H,16,17). The molecule has 0 aliphatic carbocycles. The zero-order valence-electron chi connectivity index (χ0n) is 13.2. The summed E-state index contributed by atoms with van der Waals surface area (Å²) >= 11 is 0. The van der Waals surface area contributed by atoms with Gasteiger partial charge in [-0.2, -0.15) is 0 Å². The van der Waals surface area contributed by atoms with Gasteiger partial charge in [0.05, 0.1) is 23.4 Å². The van der Waals surface area contributed by atoms with Gasteiger partial charge >= 0.3 is 0 Å². The van der Waals surface area contributed by atoms with E-state index < -0.39 is 10.0 Å². The molecule has 4 heterocycles. The number of piperidine rings is 1. The van der Waals surface area contributed by atoms with Crippen LogP contribution in [0.25, 0.3) is 21.9 Å². The van der Waals surface area contributed by atoms with Crippen molar-refractivity contribution in [1.29, 1.82) is 0 Å². The summed E-state index contributed by atoms with van der Waals surface area (Å²) in [6.07, 6.45) is 8.04. The summed E-state index contributed by atoms with van der Waals surface area (Å²) in [7, 11) is -3.22. The van der Waals surface area contributed by atoms with Crippen LogP contribution in [-0.2, 0) is 10.0 Å². The highest BCUT2D eigenvalue weighted by Crippen LogP contribution is 2.30. The maximum Gasteiger partial charge on any atom is 0.209 e. The predicted octanol–water partition coefficient (Wildman–Crippen LogP) is 1.02. The zero-order valence-corrected chi connectivity index (χ0v) is 14.0. The van der Waals surface area contributed by atoms with Gasteiger partial charge in [-0.15, -0.1) is 0 Å². The Morgan fingerprint density at radius 2 is 2.21 bits per heavy atom. The van der Waals surface area contributed by atoms with Crippen LogP contribution in [0.5, 0.6) is 0 Å². The zero-order chi connectivity index (χ0) is 16.7. The minimum absolute atomic E-state index is 0.109. The van der Waals surface area contributed by atoms with E-state index in [1.54, 1.807) is 6.20 Å². The third-order valence-corrected chi connectivity index (χ3v) is 5.03. The molecule has 1 atom stereocenters. The molecule has 0 radical (unpaired) electrons. The number of aromatic nitrogens is 4. The molecule has 0 spiro atoms. The van der Waals surface area contributed by atoms with E-state index in [2.05, 4.69) is 29.6 Å². The molecule has 1 aliphatic heterocycles. The quantitative estimate of drug-likeness (QED) is 0.734. The highest BCUT2D eigenvalue weighted by Gasteiger charge is 2.25. The Morgan fingerprint density at radius 1 is 1.33 bits per heavy atom. The smallest absolute Gasteiger partial charge is 0.209 e. The van der Waals surface area contributed by atoms with Crippen molar-refractivity contribution >= 4 is 37.8 Å². The molecule has 3 aromatic rings. The van der Waals surface area contributed by atoms with Crippen LogP contribution < -0.4 is 9.62 Å². The topological polar surface area (TPSA) is 104 Å². The summed E-state index contributed by atoms with van der Waals surface area (Å²) in [5.41, 5.74) is 1.58. The van der Waals surface area contributed by atoms with Gasteiger partial charge in [-0.3, -0.25) is 0 Å². The molecule has 2 N–H and O–H groups in total. The fourth-order valence-electron chi connectivity index (χ4n) is 3.35. The van der Waals surface area contributed by atoms with E-state index in [9.17, 15) is 8.42 Å². The lowest BCUT2D eigenvalue weighted by atomic mass is 10.1. The maximum absolute atomic E-state index is 11.5. The number of aromatic amines is 1. The SMILES string of the molecule is CS(=O)(=O)NC1CCCN(c2ncnc3cnc4[nH]ccc4c23)C1. The number of hydrogen-bond donors (Lipinski definition) is 2. The molecule has 126 valence electrons. The minimum atomic E-state index is -3.22. The predicted molar refractivity (Wildman–Crippen MR) is 92.4 cm³/mol. The van der Waals surface area contributed by atoms with Gasteiger partial charge in [0.1, 0.15) is 17.8 Å². The van der Waals surface area contributed by atoms with Crippen molar-refractivity contribution in [1.82, 2.24) is 24.7 Å². The fraction of sp³-hybridized carbons (Fsp3) is 0.400. The third-order valence-electron chi connectivity index (χ3n) is 4.27. The molecule has 8 nitrogen and oxygen atoms in total. The van der Waals surface area contributed by atoms with E-state index >= 15 is 0 Å². The number of hydrogen-bond acceptors (Lipinski definition) is 6. The Hall–Kier alpha value is -2.26. The van der Waals surface area contributed by atoms with Crippen molar-refractivity contribution in [3.8, 4) is 0 Å². The van der Waals surface area contributed by atoms with Crippen LogP contribution in [0.15, 0.2) is 24.8 Å². The summed E-state index contributed by atoms with van der Waals surface area (Å²) in [6, 6.07) is 1.86. The van der Waals surface area contributed by atoms with E-state index in [1.165, 1.54) is 12.6 Å². The molecular weight excluding hydrogens is 328 g/mol. The molecule has 0 aromatic carbocycles. The summed E-state index contributed by atoms with van der Waals surface area (Å²) in [5, 5.41) is 1.92. The van der Waals surface area contributed by atoms with Gasteiger partial charge in [0.25, 0.3) is 0 Å². The van der Waals surface area contributed by atoms with Crippen LogP contribution in [0.4, 0.5) is 5.82 Å². The summed E-state index contributed by atoms with van der Waals surface area (Å²) in [5.74, 6) is 0.826. The van der Waals surface area contributed by atoms with Crippen molar-refractivity contribution in [2.75, 3.05) is 24.2 Å². The van der Waals surface area contributed by atoms with E-state index in [-0.39, 0.29) is 6.04 Å². The van der Waals surface area contributed by atoms with Gasteiger partial charge < -0.3 is 9.88 Å². The minimum Gasteiger partial charge on any atom is -0.354 e. The fourth-order valence-corrected chi connectivity index (χ4v) is 4.15. The van der Waals surface area contributed by atoms with Crippen LogP contribution in [0.3, 0.4) is 0 Å². The first-order valence-corrected chi connectivity index (χ1v) is 9.69. The van der Waals surface area contributed by atoms with Crippen molar-refractivity contribution in [2.24, 2.45) is 0 Å². The highest BCUT2D eigenvalue weighted by molar-refractivity contribution is 7.88. The van der Waals surface area contributed by atoms with Crippen LogP contribution in [0.2, 0.25) is 0 Å². The molecule has 1 unspecified atom stereocenters. The summed E-state index contributed by atoms with van der Waals surface area (Å²) in [4.78, 5) is 18.4. The van der Waals surface area contributed by atoms with Crippen molar-refractivity contribution in [3.63, 3.8) is 0 Å². The van der Waals surface area contributed by atoms with Gasteiger partial charge in [-0.25, -0.2) is 28.1 Å². The van der Waals surface area contributed by atoms with Crippen molar-refractivity contribution in [2.45, 2.75) is 18.9 Å². The summed E-state index contributed by atoms with van der Waals surface area (Å²) in [6.45, 7) is 1.43. The molecule has 0 saturated carbocycles. The van der Waals surface area contributed by atoms with Gasteiger partial charge in [-0.05, 0) is 18.9 Å². The van der Waals surface area contributed by atoms with Gasteiger partial charge in [0.2, 0.25) is 10.0 Å². The van der Waals surface area contributed by atoms with Gasteiger partial charge in [0, 0.05) is 30.7 Å². The number of rotatable bonds is 3. The molecule has 1 saturated heterocycles. The van der Waals surface area contributed by atoms with Crippen molar-refractivity contribution < 1.29 is 8.42 Å². The van der Waals surface area contributed by atoms with E-state index in [0.717, 1.165) is 47.1 Å². The second-order valence-electron chi connectivity index (χ2n) is 6.13. The molecule has 4 rings (SSSR count). The Morgan fingerprint density at radius 3 is 3.04 bits per heavy atom. The Balaban J connectivity index is 1.77. The summed E-state index contributed by atoms with van der Waals surface area (Å²) < 4.78 is 25.8. The molecule has 0 bridgehead atoms. The number of nitrogens with one attached hydrogen (secondary N) is 2. The number of pyridine rings is 1. The third kappa shape index (κ3) is 2.80. The molecule has 24 heavy (non-hydrogen) atoms. The first-order chi connectivity index (χ1) is 11.5. The lowest BCUT2D eigenvalue weighted by molar-refractivity contribution is 0.466. The Bertz CT molecular complexity index is 1000. The van der Waals surface area contributed by atoms with E-state index in [0.29, 0.717) is 6.54 Å². The largest absolute Gasteiger partial charge is 0.354 e. The lowest BCUT2D eigenvalue weighted by Gasteiger charge is -2.34. The number of H-pyrrole nitrogens is 1. The lowest BCUT2D eigenvalue weighted by Crippen LogP contribution is -2.47. The number of nitrogens with zero attached hydrogens (tertiary/aromatic N) is 4. The Kier molecular flexibility index (Phi) is 3.61. The molecule has 9 heteroatoms. The normalized spacial score (nSPS) is 19.2. The van der Waals surface area contributed by atoms with E-state index in [1.807, 2.05) is 12.3 Å². The molecular formula is C15H18N6O2S. The Labute approximate surface area is 139 Å². The highest BCUT2D eigenvalue weighted by atomic mass is 32.2. The van der Waals surface area contributed by atoms with Crippen LogP contribution >= 0.6 is 0 Å². The van der Waals surface area contributed by atoms with Gasteiger partial charge in [0.15, 0.2) is 0 Å². The first kappa shape index (κ1) is 15.3. The van der Waals surface area contributed by atoms with Crippen LogP contribution in [0.1, 0.15) is 12.8 Å². The average Bonchev–Trinajstić information content (AvgIpc) is 3.01. The number of sulfonamides is 1. The second-order valence-corrected chi connectivity index (χ2v) is 7.91. The number of fused-ring (bicyclic) bond motifs is 3. The molecule has 1 fully saturated rings. The first-order valence-electron chi connectivity index (χ1n) is 7.80. The van der Waals surface area contributed by atoms with Gasteiger partial charge in [-0.1, -0.05) is 0 Å². The molecule has 0 amide bonds. The van der Waals surface area contributed by atoms with Crippen molar-refractivity contribution in [3.05, 3.63) is 24.8 Å². The number of anilines is 1. The van der Waals surface area contributed by atoms with E-state index in [4.69, 9.17) is 0 Å². The maximum atomic E-state index is 11.5. The average molecular weight is 346 g/mol. The second kappa shape index (κ2) is 5.67. The monoisotopic (exact) mass is 346 g/mol. The molecule has 1 aliphatic rings. The van der Waals surface area contributed by atoms with Crippen LogP contribution in [-0.4, -0.2) is 53.7 Å².